The Labute approximate surface area is 109 Å². The molecule has 90 valence electrons. The molecule has 0 aliphatic heterocycles. The smallest absolute Gasteiger partial charge is 0.163 e. The van der Waals surface area contributed by atoms with Gasteiger partial charge in [0, 0.05) is 17.8 Å². The number of nitrogens with zero attached hydrogens (tertiary/aromatic N) is 3. The third kappa shape index (κ3) is 2.09. The van der Waals surface area contributed by atoms with E-state index in [2.05, 4.69) is 16.0 Å². The predicted molar refractivity (Wildman–Crippen MR) is 70.8 cm³/mol. The van der Waals surface area contributed by atoms with Crippen LogP contribution in [0.2, 0.25) is 0 Å². The van der Waals surface area contributed by atoms with Crippen LogP contribution in [-0.2, 0) is 0 Å². The zero-order chi connectivity index (χ0) is 13.1. The van der Waals surface area contributed by atoms with Crippen LogP contribution in [0.1, 0.15) is 5.56 Å². The number of pyridine rings is 2. The molecule has 0 bridgehead atoms. The summed E-state index contributed by atoms with van der Waals surface area (Å²) in [4.78, 5) is 8.28. The van der Waals surface area contributed by atoms with Crippen LogP contribution < -0.4 is 4.74 Å². The van der Waals surface area contributed by atoms with Crippen molar-refractivity contribution in [2.45, 2.75) is 0 Å². The van der Waals surface area contributed by atoms with Gasteiger partial charge in [-0.2, -0.15) is 5.26 Å². The lowest BCUT2D eigenvalue weighted by molar-refractivity contribution is 0.483. The molecule has 19 heavy (non-hydrogen) atoms. The number of hydrogen-bond donors (Lipinski definition) is 0. The second-order valence-corrected chi connectivity index (χ2v) is 3.92. The highest BCUT2D eigenvalue weighted by atomic mass is 16.5. The van der Waals surface area contributed by atoms with Crippen molar-refractivity contribution < 1.29 is 4.74 Å². The summed E-state index contributed by atoms with van der Waals surface area (Å²) >= 11 is 0. The Kier molecular flexibility index (Phi) is 2.79. The molecular formula is C15H9N3O. The molecule has 0 fully saturated rings. The quantitative estimate of drug-likeness (QED) is 0.697. The third-order valence-corrected chi connectivity index (χ3v) is 2.72. The van der Waals surface area contributed by atoms with Crippen molar-refractivity contribution >= 4 is 10.9 Å². The fraction of sp³-hybridized carbons (Fsp3) is 0. The fourth-order valence-electron chi connectivity index (χ4n) is 1.83. The summed E-state index contributed by atoms with van der Waals surface area (Å²) in [5, 5.41) is 10.0. The van der Waals surface area contributed by atoms with E-state index in [9.17, 15) is 0 Å². The zero-order valence-electron chi connectivity index (χ0n) is 9.95. The molecule has 3 rings (SSSR count). The minimum Gasteiger partial charge on any atom is -0.452 e. The lowest BCUT2D eigenvalue weighted by Gasteiger charge is -2.08. The lowest BCUT2D eigenvalue weighted by Crippen LogP contribution is -1.91. The van der Waals surface area contributed by atoms with Gasteiger partial charge in [-0.1, -0.05) is 18.2 Å². The Morgan fingerprint density at radius 1 is 1.00 bits per heavy atom. The van der Waals surface area contributed by atoms with E-state index in [4.69, 9.17) is 10.00 Å². The average molecular weight is 247 g/mol. The number of rotatable bonds is 2. The van der Waals surface area contributed by atoms with Crippen molar-refractivity contribution in [2.24, 2.45) is 0 Å². The molecule has 0 unspecified atom stereocenters. The van der Waals surface area contributed by atoms with Crippen LogP contribution in [0.15, 0.2) is 55.0 Å². The molecule has 0 aliphatic rings. The highest BCUT2D eigenvalue weighted by Gasteiger charge is 2.07. The van der Waals surface area contributed by atoms with E-state index in [0.29, 0.717) is 17.1 Å². The van der Waals surface area contributed by atoms with E-state index in [1.165, 1.54) is 6.20 Å². The molecule has 3 aromatic rings. The molecule has 0 saturated heterocycles. The van der Waals surface area contributed by atoms with Crippen LogP contribution >= 0.6 is 0 Å². The fourth-order valence-corrected chi connectivity index (χ4v) is 1.83. The van der Waals surface area contributed by atoms with Gasteiger partial charge in [0.1, 0.15) is 11.6 Å². The van der Waals surface area contributed by atoms with Gasteiger partial charge in [-0.25, -0.2) is 0 Å². The van der Waals surface area contributed by atoms with Crippen molar-refractivity contribution in [1.82, 2.24) is 9.97 Å². The van der Waals surface area contributed by atoms with E-state index >= 15 is 0 Å². The van der Waals surface area contributed by atoms with Crippen LogP contribution in [0.4, 0.5) is 0 Å². The Balaban J connectivity index is 2.09. The number of aromatic nitrogens is 2. The number of fused-ring (bicyclic) bond motifs is 1. The molecule has 4 heteroatoms. The van der Waals surface area contributed by atoms with Gasteiger partial charge in [-0.05, 0) is 18.2 Å². The maximum absolute atomic E-state index is 9.04. The molecule has 0 amide bonds. The lowest BCUT2D eigenvalue weighted by atomic mass is 10.2. The standard InChI is InChI=1S/C15H9N3O/c16-9-12-6-8-17-10-14(12)19-13-5-1-3-11-4-2-7-18-15(11)13/h1-8,10H. The third-order valence-electron chi connectivity index (χ3n) is 2.72. The molecular weight excluding hydrogens is 238 g/mol. The van der Waals surface area contributed by atoms with E-state index in [0.717, 1.165) is 10.9 Å². The van der Waals surface area contributed by atoms with E-state index in [-0.39, 0.29) is 0 Å². The maximum Gasteiger partial charge on any atom is 0.163 e. The predicted octanol–water partition coefficient (Wildman–Crippen LogP) is 3.29. The number of benzene rings is 1. The first kappa shape index (κ1) is 11.2. The summed E-state index contributed by atoms with van der Waals surface area (Å²) in [6, 6.07) is 13.2. The molecule has 0 radical (unpaired) electrons. The highest BCUT2D eigenvalue weighted by Crippen LogP contribution is 2.29. The van der Waals surface area contributed by atoms with Gasteiger partial charge in [0.15, 0.2) is 11.5 Å². The Morgan fingerprint density at radius 2 is 1.89 bits per heavy atom. The summed E-state index contributed by atoms with van der Waals surface area (Å²) in [7, 11) is 0. The number of para-hydroxylation sites is 1. The number of nitriles is 1. The maximum atomic E-state index is 9.04. The first-order valence-electron chi connectivity index (χ1n) is 5.74. The topological polar surface area (TPSA) is 58.8 Å². The summed E-state index contributed by atoms with van der Waals surface area (Å²) in [5.41, 5.74) is 1.21. The second-order valence-electron chi connectivity index (χ2n) is 3.92. The van der Waals surface area contributed by atoms with E-state index < -0.39 is 0 Å². The molecule has 0 N–H and O–H groups in total. The molecule has 0 atom stereocenters. The molecule has 2 heterocycles. The molecule has 4 nitrogen and oxygen atoms in total. The first-order valence-corrected chi connectivity index (χ1v) is 5.74. The van der Waals surface area contributed by atoms with Gasteiger partial charge < -0.3 is 4.74 Å². The zero-order valence-corrected chi connectivity index (χ0v) is 9.95. The number of ether oxygens (including phenoxy) is 1. The van der Waals surface area contributed by atoms with Crippen LogP contribution in [0.3, 0.4) is 0 Å². The molecule has 1 aromatic carbocycles. The summed E-state index contributed by atoms with van der Waals surface area (Å²) in [6.07, 6.45) is 4.80. The average Bonchev–Trinajstić information content (AvgIpc) is 2.48. The van der Waals surface area contributed by atoms with E-state index in [1.807, 2.05) is 30.3 Å². The normalized spacial score (nSPS) is 10.1. The summed E-state index contributed by atoms with van der Waals surface area (Å²) < 4.78 is 5.77. The van der Waals surface area contributed by atoms with Gasteiger partial charge >= 0.3 is 0 Å². The molecule has 2 aromatic heterocycles. The van der Waals surface area contributed by atoms with Crippen molar-refractivity contribution in [1.29, 1.82) is 5.26 Å². The van der Waals surface area contributed by atoms with Crippen molar-refractivity contribution in [3.8, 4) is 17.6 Å². The Hall–Kier alpha value is -2.93. The van der Waals surface area contributed by atoms with Crippen molar-refractivity contribution in [3.05, 3.63) is 60.6 Å². The van der Waals surface area contributed by atoms with Gasteiger partial charge in [0.2, 0.25) is 0 Å². The highest BCUT2D eigenvalue weighted by molar-refractivity contribution is 5.84. The monoisotopic (exact) mass is 247 g/mol. The van der Waals surface area contributed by atoms with Crippen LogP contribution in [0.25, 0.3) is 10.9 Å². The first-order chi connectivity index (χ1) is 9.38. The molecule has 0 aliphatic carbocycles. The van der Waals surface area contributed by atoms with Crippen molar-refractivity contribution in [2.75, 3.05) is 0 Å². The second kappa shape index (κ2) is 4.75. The van der Waals surface area contributed by atoms with Gasteiger partial charge in [0.05, 0.1) is 11.8 Å². The van der Waals surface area contributed by atoms with E-state index in [1.54, 1.807) is 18.5 Å². The SMILES string of the molecule is N#Cc1ccncc1Oc1cccc2cccnc12. The summed E-state index contributed by atoms with van der Waals surface area (Å²) in [5.74, 6) is 1.05. The molecule has 0 spiro atoms. The number of hydrogen-bond acceptors (Lipinski definition) is 4. The Bertz CT molecular complexity index is 772. The largest absolute Gasteiger partial charge is 0.452 e. The van der Waals surface area contributed by atoms with Gasteiger partial charge in [0.25, 0.3) is 0 Å². The van der Waals surface area contributed by atoms with Crippen LogP contribution in [0.5, 0.6) is 11.5 Å². The van der Waals surface area contributed by atoms with Crippen molar-refractivity contribution in [3.63, 3.8) is 0 Å². The van der Waals surface area contributed by atoms with Crippen LogP contribution in [0, 0.1) is 11.3 Å². The minimum absolute atomic E-state index is 0.433. The van der Waals surface area contributed by atoms with Gasteiger partial charge in [-0.15, -0.1) is 0 Å². The van der Waals surface area contributed by atoms with Gasteiger partial charge in [-0.3, -0.25) is 9.97 Å². The Morgan fingerprint density at radius 3 is 2.79 bits per heavy atom. The van der Waals surface area contributed by atoms with Crippen LogP contribution in [-0.4, -0.2) is 9.97 Å². The molecule has 0 saturated carbocycles. The minimum atomic E-state index is 0.433. The summed E-state index contributed by atoms with van der Waals surface area (Å²) in [6.45, 7) is 0.